The zero-order valence-corrected chi connectivity index (χ0v) is 10.8. The Balaban J connectivity index is 2.32. The zero-order valence-electron chi connectivity index (χ0n) is 10.8. The third-order valence-electron chi connectivity index (χ3n) is 3.53. The van der Waals surface area contributed by atoms with Gasteiger partial charge in [0.1, 0.15) is 0 Å². The summed E-state index contributed by atoms with van der Waals surface area (Å²) in [5.41, 5.74) is 0. The largest absolute Gasteiger partial charge is 0.481 e. The number of aliphatic carboxylic acids is 1. The van der Waals surface area contributed by atoms with Crippen molar-refractivity contribution >= 4 is 11.9 Å². The van der Waals surface area contributed by atoms with Crippen molar-refractivity contribution in [2.24, 2.45) is 11.8 Å². The molecule has 1 N–H and O–H groups in total. The first-order chi connectivity index (χ1) is 8.06. The molecule has 0 bridgehead atoms. The number of nitrogens with zero attached hydrogens (tertiary/aromatic N) is 1. The second-order valence-electron chi connectivity index (χ2n) is 5.03. The van der Waals surface area contributed by atoms with E-state index in [1.54, 1.807) is 4.90 Å². The first kappa shape index (κ1) is 14.0. The van der Waals surface area contributed by atoms with Crippen molar-refractivity contribution in [3.63, 3.8) is 0 Å². The third kappa shape index (κ3) is 4.02. The Kier molecular flexibility index (Phi) is 5.45. The van der Waals surface area contributed by atoms with Gasteiger partial charge in [0.2, 0.25) is 5.91 Å². The number of hydrogen-bond acceptors (Lipinski definition) is 2. The van der Waals surface area contributed by atoms with E-state index in [4.69, 9.17) is 5.11 Å². The zero-order chi connectivity index (χ0) is 12.8. The van der Waals surface area contributed by atoms with Crippen molar-refractivity contribution < 1.29 is 14.7 Å². The Morgan fingerprint density at radius 2 is 1.94 bits per heavy atom. The summed E-state index contributed by atoms with van der Waals surface area (Å²) in [6.07, 6.45) is 4.92. The van der Waals surface area contributed by atoms with Crippen LogP contribution in [0.3, 0.4) is 0 Å². The van der Waals surface area contributed by atoms with Crippen LogP contribution in [0, 0.1) is 11.8 Å². The lowest BCUT2D eigenvalue weighted by Gasteiger charge is -2.15. The van der Waals surface area contributed by atoms with Gasteiger partial charge in [-0.3, -0.25) is 9.59 Å². The van der Waals surface area contributed by atoms with Gasteiger partial charge in [-0.05, 0) is 12.3 Å². The van der Waals surface area contributed by atoms with E-state index < -0.39 is 5.97 Å². The first-order valence-electron chi connectivity index (χ1n) is 6.56. The first-order valence-corrected chi connectivity index (χ1v) is 6.56. The number of carbonyl (C=O) groups is 2. The van der Waals surface area contributed by atoms with Crippen molar-refractivity contribution in [2.45, 2.75) is 46.0 Å². The Labute approximate surface area is 103 Å². The van der Waals surface area contributed by atoms with Crippen molar-refractivity contribution in [2.75, 3.05) is 13.1 Å². The molecule has 1 amide bonds. The predicted octanol–water partition coefficient (Wildman–Crippen LogP) is 2.14. The minimum absolute atomic E-state index is 0.0760. The average Bonchev–Trinajstić information content (AvgIpc) is 2.66. The van der Waals surface area contributed by atoms with Crippen molar-refractivity contribution in [1.82, 2.24) is 4.90 Å². The molecule has 17 heavy (non-hydrogen) atoms. The normalized spacial score (nSPS) is 24.0. The Morgan fingerprint density at radius 3 is 2.47 bits per heavy atom. The highest BCUT2D eigenvalue weighted by molar-refractivity contribution is 5.78. The monoisotopic (exact) mass is 241 g/mol. The van der Waals surface area contributed by atoms with Crippen LogP contribution in [0.25, 0.3) is 0 Å². The second kappa shape index (κ2) is 6.62. The maximum Gasteiger partial charge on any atom is 0.308 e. The van der Waals surface area contributed by atoms with Gasteiger partial charge < -0.3 is 10.0 Å². The van der Waals surface area contributed by atoms with Gasteiger partial charge in [-0.2, -0.15) is 0 Å². The summed E-state index contributed by atoms with van der Waals surface area (Å²) in [5, 5.41) is 8.99. The van der Waals surface area contributed by atoms with E-state index in [-0.39, 0.29) is 17.7 Å². The molecule has 0 aliphatic carbocycles. The van der Waals surface area contributed by atoms with Crippen LogP contribution >= 0.6 is 0 Å². The van der Waals surface area contributed by atoms with Gasteiger partial charge in [-0.15, -0.1) is 0 Å². The summed E-state index contributed by atoms with van der Waals surface area (Å²) in [5.74, 6) is -0.961. The van der Waals surface area contributed by atoms with E-state index in [9.17, 15) is 9.59 Å². The fraction of sp³-hybridized carbons (Fsp3) is 0.846. The number of carboxylic acid groups (broad SMARTS) is 1. The standard InChI is InChI=1S/C13H23NO3/c1-3-4-5-6-7-12(15)14-8-10(2)11(9-14)13(16)17/h10-11H,3-9H2,1-2H3,(H,16,17). The molecule has 1 fully saturated rings. The molecule has 0 aromatic heterocycles. The van der Waals surface area contributed by atoms with Gasteiger partial charge in [-0.1, -0.05) is 33.1 Å². The summed E-state index contributed by atoms with van der Waals surface area (Å²) in [6.45, 7) is 5.04. The van der Waals surface area contributed by atoms with Gasteiger partial charge in [0.15, 0.2) is 0 Å². The van der Waals surface area contributed by atoms with Crippen LogP contribution in [0.1, 0.15) is 46.0 Å². The molecule has 0 aromatic rings. The van der Waals surface area contributed by atoms with Gasteiger partial charge in [0, 0.05) is 19.5 Å². The number of rotatable bonds is 6. The number of carbonyl (C=O) groups excluding carboxylic acids is 1. The molecule has 4 heteroatoms. The molecule has 1 aliphatic heterocycles. The van der Waals surface area contributed by atoms with Crippen LogP contribution in [0.5, 0.6) is 0 Å². The molecule has 1 heterocycles. The minimum Gasteiger partial charge on any atom is -0.481 e. The van der Waals surface area contributed by atoms with Gasteiger partial charge in [0.05, 0.1) is 5.92 Å². The number of hydrogen-bond donors (Lipinski definition) is 1. The molecule has 2 atom stereocenters. The summed E-state index contributed by atoms with van der Waals surface area (Å²) >= 11 is 0. The number of likely N-dealkylation sites (tertiary alicyclic amines) is 1. The van der Waals surface area contributed by atoms with E-state index in [2.05, 4.69) is 6.92 Å². The third-order valence-corrected chi connectivity index (χ3v) is 3.53. The van der Waals surface area contributed by atoms with Crippen molar-refractivity contribution in [1.29, 1.82) is 0 Å². The quantitative estimate of drug-likeness (QED) is 0.725. The number of amides is 1. The lowest BCUT2D eigenvalue weighted by molar-refractivity contribution is -0.142. The molecule has 0 radical (unpaired) electrons. The fourth-order valence-corrected chi connectivity index (χ4v) is 2.35. The fourth-order valence-electron chi connectivity index (χ4n) is 2.35. The number of carboxylic acids is 1. The van der Waals surface area contributed by atoms with Crippen LogP contribution < -0.4 is 0 Å². The predicted molar refractivity (Wildman–Crippen MR) is 65.6 cm³/mol. The topological polar surface area (TPSA) is 57.6 Å². The van der Waals surface area contributed by atoms with Crippen molar-refractivity contribution in [3.8, 4) is 0 Å². The average molecular weight is 241 g/mol. The van der Waals surface area contributed by atoms with E-state index in [0.29, 0.717) is 19.5 Å². The van der Waals surface area contributed by atoms with Crippen LogP contribution in [0.2, 0.25) is 0 Å². The highest BCUT2D eigenvalue weighted by atomic mass is 16.4. The molecular weight excluding hydrogens is 218 g/mol. The Bertz CT molecular complexity index is 278. The van der Waals surface area contributed by atoms with E-state index in [1.165, 1.54) is 6.42 Å². The molecule has 0 saturated carbocycles. The number of unbranched alkanes of at least 4 members (excludes halogenated alkanes) is 3. The van der Waals surface area contributed by atoms with Crippen LogP contribution in [0.15, 0.2) is 0 Å². The summed E-state index contributed by atoms with van der Waals surface area (Å²) in [7, 11) is 0. The van der Waals surface area contributed by atoms with Gasteiger partial charge in [-0.25, -0.2) is 0 Å². The Hall–Kier alpha value is -1.06. The molecule has 98 valence electrons. The SMILES string of the molecule is CCCCCCC(=O)N1CC(C)C(C(=O)O)C1. The highest BCUT2D eigenvalue weighted by Gasteiger charge is 2.36. The second-order valence-corrected chi connectivity index (χ2v) is 5.03. The summed E-state index contributed by atoms with van der Waals surface area (Å²) in [6, 6.07) is 0. The lowest BCUT2D eigenvalue weighted by Crippen LogP contribution is -2.29. The molecule has 0 aromatic carbocycles. The highest BCUT2D eigenvalue weighted by Crippen LogP contribution is 2.24. The smallest absolute Gasteiger partial charge is 0.308 e. The summed E-state index contributed by atoms with van der Waals surface area (Å²) in [4.78, 5) is 24.5. The van der Waals surface area contributed by atoms with Crippen LogP contribution in [0.4, 0.5) is 0 Å². The molecule has 4 nitrogen and oxygen atoms in total. The molecule has 1 aliphatic rings. The van der Waals surface area contributed by atoms with E-state index in [0.717, 1.165) is 19.3 Å². The lowest BCUT2D eigenvalue weighted by atomic mass is 9.99. The molecule has 1 rings (SSSR count). The molecule has 1 saturated heterocycles. The van der Waals surface area contributed by atoms with Gasteiger partial charge >= 0.3 is 5.97 Å². The van der Waals surface area contributed by atoms with E-state index >= 15 is 0 Å². The van der Waals surface area contributed by atoms with E-state index in [1.807, 2.05) is 6.92 Å². The van der Waals surface area contributed by atoms with Crippen molar-refractivity contribution in [3.05, 3.63) is 0 Å². The maximum atomic E-state index is 11.9. The molecule has 2 unspecified atom stereocenters. The van der Waals surface area contributed by atoms with Gasteiger partial charge in [0.25, 0.3) is 0 Å². The van der Waals surface area contributed by atoms with Crippen LogP contribution in [-0.2, 0) is 9.59 Å². The maximum absolute atomic E-state index is 11.9. The molecular formula is C13H23NO3. The Morgan fingerprint density at radius 1 is 1.24 bits per heavy atom. The molecule has 0 spiro atoms. The minimum atomic E-state index is -0.779. The van der Waals surface area contributed by atoms with Crippen LogP contribution in [-0.4, -0.2) is 35.0 Å². The summed E-state index contributed by atoms with van der Waals surface area (Å²) < 4.78 is 0.